The Hall–Kier alpha value is -1.39. The molecule has 0 saturated heterocycles. The number of benzene rings is 1. The van der Waals surface area contributed by atoms with Crippen molar-refractivity contribution < 1.29 is 9.53 Å². The molecule has 0 spiro atoms. The van der Waals surface area contributed by atoms with E-state index in [1.54, 1.807) is 7.05 Å². The maximum atomic E-state index is 11.4. The van der Waals surface area contributed by atoms with E-state index in [1.165, 1.54) is 5.56 Å². The van der Waals surface area contributed by atoms with E-state index in [4.69, 9.17) is 4.74 Å². The van der Waals surface area contributed by atoms with Gasteiger partial charge in [-0.1, -0.05) is 12.1 Å². The molecular formula is C15H24N2O2. The van der Waals surface area contributed by atoms with Gasteiger partial charge in [0.1, 0.15) is 0 Å². The van der Waals surface area contributed by atoms with E-state index in [1.807, 2.05) is 38.1 Å². The second-order valence-electron chi connectivity index (χ2n) is 4.73. The lowest BCUT2D eigenvalue weighted by molar-refractivity contribution is 0.0770. The summed E-state index contributed by atoms with van der Waals surface area (Å²) >= 11 is 0. The smallest absolute Gasteiger partial charge is 0.251 e. The molecule has 0 bridgehead atoms. The van der Waals surface area contributed by atoms with Crippen LogP contribution >= 0.6 is 0 Å². The van der Waals surface area contributed by atoms with Gasteiger partial charge in [0.15, 0.2) is 0 Å². The largest absolute Gasteiger partial charge is 0.379 e. The van der Waals surface area contributed by atoms with Gasteiger partial charge in [-0.3, -0.25) is 4.79 Å². The summed E-state index contributed by atoms with van der Waals surface area (Å²) in [5, 5.41) is 5.97. The normalized spacial score (nSPS) is 10.7. The number of ether oxygens (including phenoxy) is 1. The van der Waals surface area contributed by atoms with Crippen molar-refractivity contribution in [1.29, 1.82) is 0 Å². The van der Waals surface area contributed by atoms with Crippen LogP contribution in [0.15, 0.2) is 24.3 Å². The van der Waals surface area contributed by atoms with Crippen LogP contribution in [-0.4, -0.2) is 32.2 Å². The fourth-order valence-corrected chi connectivity index (χ4v) is 1.67. The summed E-state index contributed by atoms with van der Waals surface area (Å²) in [6.07, 6.45) is 1.31. The Morgan fingerprint density at radius 1 is 1.26 bits per heavy atom. The first-order chi connectivity index (χ1) is 9.13. The van der Waals surface area contributed by atoms with Crippen molar-refractivity contribution in [2.75, 3.05) is 20.2 Å². The highest BCUT2D eigenvalue weighted by Crippen LogP contribution is 2.04. The minimum Gasteiger partial charge on any atom is -0.379 e. The number of carbonyl (C=O) groups is 1. The van der Waals surface area contributed by atoms with E-state index in [-0.39, 0.29) is 5.91 Å². The Bertz CT molecular complexity index is 374. The van der Waals surface area contributed by atoms with Gasteiger partial charge in [-0.25, -0.2) is 0 Å². The highest BCUT2D eigenvalue weighted by atomic mass is 16.5. The average Bonchev–Trinajstić information content (AvgIpc) is 2.42. The maximum absolute atomic E-state index is 11.4. The third-order valence-corrected chi connectivity index (χ3v) is 2.72. The van der Waals surface area contributed by atoms with Crippen molar-refractivity contribution >= 4 is 5.91 Å². The van der Waals surface area contributed by atoms with E-state index in [0.29, 0.717) is 11.7 Å². The van der Waals surface area contributed by atoms with Crippen molar-refractivity contribution in [2.24, 2.45) is 0 Å². The van der Waals surface area contributed by atoms with E-state index >= 15 is 0 Å². The minimum absolute atomic E-state index is 0.0506. The van der Waals surface area contributed by atoms with Gasteiger partial charge in [0, 0.05) is 25.8 Å². The zero-order valence-corrected chi connectivity index (χ0v) is 12.0. The van der Waals surface area contributed by atoms with Crippen LogP contribution in [0.4, 0.5) is 0 Å². The summed E-state index contributed by atoms with van der Waals surface area (Å²) < 4.78 is 5.46. The summed E-state index contributed by atoms with van der Waals surface area (Å²) in [5.41, 5.74) is 1.87. The fraction of sp³-hybridized carbons (Fsp3) is 0.533. The maximum Gasteiger partial charge on any atom is 0.251 e. The topological polar surface area (TPSA) is 50.4 Å². The number of rotatable bonds is 8. The lowest BCUT2D eigenvalue weighted by Gasteiger charge is -2.08. The SMILES string of the molecule is CNC(=O)c1ccc(CNCCCOC(C)C)cc1. The van der Waals surface area contributed by atoms with Crippen LogP contribution in [0, 0.1) is 0 Å². The number of carbonyl (C=O) groups excluding carboxylic acids is 1. The van der Waals surface area contributed by atoms with Crippen LogP contribution in [0.1, 0.15) is 36.2 Å². The van der Waals surface area contributed by atoms with E-state index in [2.05, 4.69) is 10.6 Å². The van der Waals surface area contributed by atoms with Gasteiger partial charge in [-0.05, 0) is 44.5 Å². The fourth-order valence-electron chi connectivity index (χ4n) is 1.67. The van der Waals surface area contributed by atoms with Crippen molar-refractivity contribution in [3.63, 3.8) is 0 Å². The summed E-state index contributed by atoms with van der Waals surface area (Å²) in [4.78, 5) is 11.4. The average molecular weight is 264 g/mol. The van der Waals surface area contributed by atoms with Gasteiger partial charge in [0.2, 0.25) is 0 Å². The number of hydrogen-bond acceptors (Lipinski definition) is 3. The molecule has 0 fully saturated rings. The van der Waals surface area contributed by atoms with Crippen molar-refractivity contribution in [3.05, 3.63) is 35.4 Å². The molecule has 1 rings (SSSR count). The Labute approximate surface area is 115 Å². The van der Waals surface area contributed by atoms with Gasteiger partial charge < -0.3 is 15.4 Å². The molecule has 1 aromatic carbocycles. The van der Waals surface area contributed by atoms with E-state index < -0.39 is 0 Å². The van der Waals surface area contributed by atoms with Crippen LogP contribution in [-0.2, 0) is 11.3 Å². The lowest BCUT2D eigenvalue weighted by atomic mass is 10.1. The molecule has 19 heavy (non-hydrogen) atoms. The molecule has 0 unspecified atom stereocenters. The first-order valence-electron chi connectivity index (χ1n) is 6.77. The second kappa shape index (κ2) is 8.67. The van der Waals surface area contributed by atoms with E-state index in [9.17, 15) is 4.79 Å². The van der Waals surface area contributed by atoms with Gasteiger partial charge >= 0.3 is 0 Å². The van der Waals surface area contributed by atoms with E-state index in [0.717, 1.165) is 26.1 Å². The molecular weight excluding hydrogens is 240 g/mol. The molecule has 0 aliphatic carbocycles. The van der Waals surface area contributed by atoms with Crippen LogP contribution in [0.25, 0.3) is 0 Å². The molecule has 0 atom stereocenters. The third kappa shape index (κ3) is 6.36. The second-order valence-corrected chi connectivity index (χ2v) is 4.73. The predicted octanol–water partition coefficient (Wildman–Crippen LogP) is 1.95. The van der Waals surface area contributed by atoms with Crippen molar-refractivity contribution in [2.45, 2.75) is 32.9 Å². The summed E-state index contributed by atoms with van der Waals surface area (Å²) in [5.74, 6) is -0.0506. The summed E-state index contributed by atoms with van der Waals surface area (Å²) in [7, 11) is 1.64. The van der Waals surface area contributed by atoms with Crippen molar-refractivity contribution in [1.82, 2.24) is 10.6 Å². The Kier molecular flexibility index (Phi) is 7.15. The molecule has 0 heterocycles. The number of hydrogen-bond donors (Lipinski definition) is 2. The minimum atomic E-state index is -0.0506. The summed E-state index contributed by atoms with van der Waals surface area (Å²) in [6, 6.07) is 7.64. The molecule has 1 aromatic rings. The summed E-state index contributed by atoms with van der Waals surface area (Å²) in [6.45, 7) is 6.63. The van der Waals surface area contributed by atoms with Gasteiger partial charge in [0.05, 0.1) is 6.10 Å². The Morgan fingerprint density at radius 3 is 2.53 bits per heavy atom. The molecule has 0 saturated carbocycles. The van der Waals surface area contributed by atoms with Gasteiger partial charge in [0.25, 0.3) is 5.91 Å². The standard InChI is InChI=1S/C15H24N2O2/c1-12(2)19-10-4-9-17-11-13-5-7-14(8-6-13)15(18)16-3/h5-8,12,17H,4,9-11H2,1-3H3,(H,16,18). The Balaban J connectivity index is 2.21. The molecule has 2 N–H and O–H groups in total. The van der Waals surface area contributed by atoms with Crippen molar-refractivity contribution in [3.8, 4) is 0 Å². The number of amides is 1. The molecule has 1 amide bonds. The lowest BCUT2D eigenvalue weighted by Crippen LogP contribution is -2.19. The predicted molar refractivity (Wildman–Crippen MR) is 77.2 cm³/mol. The third-order valence-electron chi connectivity index (χ3n) is 2.72. The van der Waals surface area contributed by atoms with Crippen LogP contribution < -0.4 is 10.6 Å². The highest BCUT2D eigenvalue weighted by molar-refractivity contribution is 5.93. The Morgan fingerprint density at radius 2 is 1.95 bits per heavy atom. The van der Waals surface area contributed by atoms with Crippen LogP contribution in [0.3, 0.4) is 0 Å². The first-order valence-corrected chi connectivity index (χ1v) is 6.77. The molecule has 0 aliphatic heterocycles. The number of nitrogens with one attached hydrogen (secondary N) is 2. The molecule has 4 heteroatoms. The van der Waals surface area contributed by atoms with Gasteiger partial charge in [-0.2, -0.15) is 0 Å². The zero-order valence-electron chi connectivity index (χ0n) is 12.0. The molecule has 0 aromatic heterocycles. The molecule has 106 valence electrons. The first kappa shape index (κ1) is 15.7. The molecule has 0 radical (unpaired) electrons. The molecule has 0 aliphatic rings. The molecule has 4 nitrogen and oxygen atoms in total. The van der Waals surface area contributed by atoms with Crippen LogP contribution in [0.5, 0.6) is 0 Å². The monoisotopic (exact) mass is 264 g/mol. The van der Waals surface area contributed by atoms with Gasteiger partial charge in [-0.15, -0.1) is 0 Å². The zero-order chi connectivity index (χ0) is 14.1. The highest BCUT2D eigenvalue weighted by Gasteiger charge is 2.01. The quantitative estimate of drug-likeness (QED) is 0.706. The van der Waals surface area contributed by atoms with Crippen LogP contribution in [0.2, 0.25) is 0 Å².